The lowest BCUT2D eigenvalue weighted by Crippen LogP contribution is -1.96. The Morgan fingerprint density at radius 2 is 1.86 bits per heavy atom. The summed E-state index contributed by atoms with van der Waals surface area (Å²) in [5.41, 5.74) is 3.52. The molecule has 21 heavy (non-hydrogen) atoms. The van der Waals surface area contributed by atoms with E-state index >= 15 is 0 Å². The molecule has 5 heteroatoms. The number of carbonyl (C=O) groups is 1. The topological polar surface area (TPSA) is 34.9 Å². The number of nitrogens with zero attached hydrogens (tertiary/aromatic N) is 2. The number of hydrogen-bond acceptors (Lipinski definition) is 2. The number of benzene rings is 2. The summed E-state index contributed by atoms with van der Waals surface area (Å²) in [5.74, 6) is 0. The molecule has 0 spiro atoms. The normalized spacial score (nSPS) is 10.6. The quantitative estimate of drug-likeness (QED) is 0.630. The van der Waals surface area contributed by atoms with Crippen molar-refractivity contribution in [2.45, 2.75) is 0 Å². The number of carbonyl (C=O) groups excluding carboxylic acids is 1. The predicted molar refractivity (Wildman–Crippen MR) is 87.1 cm³/mol. The van der Waals surface area contributed by atoms with Crippen LogP contribution >= 0.6 is 27.5 Å². The summed E-state index contributed by atoms with van der Waals surface area (Å²) >= 11 is 9.38. The molecule has 0 radical (unpaired) electrons. The second-order valence-corrected chi connectivity index (χ2v) is 5.67. The summed E-state index contributed by atoms with van der Waals surface area (Å²) in [6, 6.07) is 15.6. The third-order valence-electron chi connectivity index (χ3n) is 3.13. The molecule has 0 bridgehead atoms. The zero-order valence-electron chi connectivity index (χ0n) is 10.8. The molecule has 0 aliphatic rings. The van der Waals surface area contributed by atoms with E-state index < -0.39 is 0 Å². The molecule has 3 nitrogen and oxygen atoms in total. The highest BCUT2D eigenvalue weighted by Gasteiger charge is 2.09. The van der Waals surface area contributed by atoms with Crippen LogP contribution in [0.5, 0.6) is 0 Å². The maximum absolute atomic E-state index is 10.8. The Bertz CT molecular complexity index is 796. The third kappa shape index (κ3) is 2.77. The van der Waals surface area contributed by atoms with Gasteiger partial charge >= 0.3 is 0 Å². The zero-order valence-corrected chi connectivity index (χ0v) is 13.2. The summed E-state index contributed by atoms with van der Waals surface area (Å²) < 4.78 is 2.32. The Morgan fingerprint density at radius 3 is 2.48 bits per heavy atom. The molecule has 0 amide bonds. The van der Waals surface area contributed by atoms with E-state index in [4.69, 9.17) is 11.6 Å². The van der Waals surface area contributed by atoms with Gasteiger partial charge in [-0.25, -0.2) is 4.68 Å². The number of aldehydes is 1. The van der Waals surface area contributed by atoms with Crippen LogP contribution in [-0.4, -0.2) is 16.1 Å². The van der Waals surface area contributed by atoms with Crippen molar-refractivity contribution in [1.29, 1.82) is 0 Å². The Balaban J connectivity index is 1.97. The summed E-state index contributed by atoms with van der Waals surface area (Å²) in [7, 11) is 0. The molecule has 0 fully saturated rings. The van der Waals surface area contributed by atoms with Crippen LogP contribution in [0.2, 0.25) is 5.02 Å². The van der Waals surface area contributed by atoms with E-state index in [2.05, 4.69) is 21.0 Å². The molecule has 0 atom stereocenters. The minimum absolute atomic E-state index is 0.522. The van der Waals surface area contributed by atoms with E-state index in [-0.39, 0.29) is 0 Å². The van der Waals surface area contributed by atoms with Crippen LogP contribution < -0.4 is 0 Å². The van der Waals surface area contributed by atoms with Crippen molar-refractivity contribution in [2.75, 3.05) is 0 Å². The Labute approximate surface area is 135 Å². The molecule has 3 rings (SSSR count). The molecule has 1 heterocycles. The molecule has 0 unspecified atom stereocenters. The molecule has 0 N–H and O–H groups in total. The van der Waals surface area contributed by atoms with Crippen molar-refractivity contribution in [3.05, 3.63) is 69.9 Å². The molecular weight excluding hydrogens is 352 g/mol. The van der Waals surface area contributed by atoms with Crippen molar-refractivity contribution >= 4 is 33.8 Å². The first kappa shape index (κ1) is 14.0. The Morgan fingerprint density at radius 1 is 1.10 bits per heavy atom. The van der Waals surface area contributed by atoms with Gasteiger partial charge in [-0.2, -0.15) is 5.10 Å². The summed E-state index contributed by atoms with van der Waals surface area (Å²) in [5, 5.41) is 4.90. The van der Waals surface area contributed by atoms with Crippen LogP contribution in [0.15, 0.2) is 59.3 Å². The lowest BCUT2D eigenvalue weighted by atomic mass is 10.1. The van der Waals surface area contributed by atoms with Gasteiger partial charge in [0.2, 0.25) is 0 Å². The van der Waals surface area contributed by atoms with E-state index in [0.717, 1.165) is 23.1 Å². The van der Waals surface area contributed by atoms with Gasteiger partial charge in [0.1, 0.15) is 4.60 Å². The number of halogens is 2. The summed E-state index contributed by atoms with van der Waals surface area (Å²) in [6.45, 7) is 0. The highest BCUT2D eigenvalue weighted by Crippen LogP contribution is 2.25. The van der Waals surface area contributed by atoms with Crippen molar-refractivity contribution in [1.82, 2.24) is 9.78 Å². The SMILES string of the molecule is O=Cc1cnn(-c2ccc(-c3cccc(Cl)c3)cc2)c1Br. The highest BCUT2D eigenvalue weighted by molar-refractivity contribution is 9.10. The van der Waals surface area contributed by atoms with Gasteiger partial charge in [-0.1, -0.05) is 35.9 Å². The highest BCUT2D eigenvalue weighted by atomic mass is 79.9. The van der Waals surface area contributed by atoms with Gasteiger partial charge in [0.05, 0.1) is 17.4 Å². The van der Waals surface area contributed by atoms with Crippen LogP contribution in [0, 0.1) is 0 Å². The van der Waals surface area contributed by atoms with E-state index in [0.29, 0.717) is 15.2 Å². The zero-order chi connectivity index (χ0) is 14.8. The molecular formula is C16H10BrClN2O. The van der Waals surface area contributed by atoms with Crippen molar-refractivity contribution < 1.29 is 4.79 Å². The minimum atomic E-state index is 0.522. The van der Waals surface area contributed by atoms with E-state index in [1.54, 1.807) is 4.68 Å². The van der Waals surface area contributed by atoms with Crippen LogP contribution in [0.25, 0.3) is 16.8 Å². The first-order valence-electron chi connectivity index (χ1n) is 6.24. The van der Waals surface area contributed by atoms with Crippen LogP contribution in [0.3, 0.4) is 0 Å². The van der Waals surface area contributed by atoms with E-state index in [1.807, 2.05) is 48.5 Å². The van der Waals surface area contributed by atoms with Crippen molar-refractivity contribution in [3.8, 4) is 16.8 Å². The molecule has 3 aromatic rings. The van der Waals surface area contributed by atoms with Crippen molar-refractivity contribution in [2.24, 2.45) is 0 Å². The molecule has 0 saturated carbocycles. The van der Waals surface area contributed by atoms with Crippen LogP contribution in [0.1, 0.15) is 10.4 Å². The van der Waals surface area contributed by atoms with Gasteiger partial charge in [0, 0.05) is 5.02 Å². The molecule has 0 aliphatic carbocycles. The number of rotatable bonds is 3. The fraction of sp³-hybridized carbons (Fsp3) is 0. The first-order valence-corrected chi connectivity index (χ1v) is 7.41. The van der Waals surface area contributed by atoms with Crippen LogP contribution in [-0.2, 0) is 0 Å². The smallest absolute Gasteiger partial charge is 0.154 e. The largest absolute Gasteiger partial charge is 0.298 e. The molecule has 2 aromatic carbocycles. The molecule has 104 valence electrons. The van der Waals surface area contributed by atoms with Gasteiger partial charge in [-0.05, 0) is 51.3 Å². The molecule has 1 aromatic heterocycles. The lowest BCUT2D eigenvalue weighted by Gasteiger charge is -2.06. The van der Waals surface area contributed by atoms with E-state index in [9.17, 15) is 4.79 Å². The van der Waals surface area contributed by atoms with Gasteiger partial charge in [-0.3, -0.25) is 4.79 Å². The first-order chi connectivity index (χ1) is 10.2. The monoisotopic (exact) mass is 360 g/mol. The Kier molecular flexibility index (Phi) is 3.90. The van der Waals surface area contributed by atoms with Gasteiger partial charge in [0.15, 0.2) is 6.29 Å². The average molecular weight is 362 g/mol. The fourth-order valence-electron chi connectivity index (χ4n) is 2.07. The molecule has 0 aliphatic heterocycles. The third-order valence-corrected chi connectivity index (χ3v) is 4.16. The average Bonchev–Trinajstić information content (AvgIpc) is 2.88. The fourth-order valence-corrected chi connectivity index (χ4v) is 2.75. The van der Waals surface area contributed by atoms with E-state index in [1.165, 1.54) is 6.20 Å². The van der Waals surface area contributed by atoms with Crippen LogP contribution in [0.4, 0.5) is 0 Å². The van der Waals surface area contributed by atoms with Gasteiger partial charge in [0.25, 0.3) is 0 Å². The standard InChI is InChI=1S/C16H10BrClN2O/c17-16-13(10-21)9-19-20(16)15-6-4-11(5-7-15)12-2-1-3-14(18)8-12/h1-10H. The van der Waals surface area contributed by atoms with Crippen molar-refractivity contribution in [3.63, 3.8) is 0 Å². The predicted octanol–water partition coefficient (Wildman–Crippen LogP) is 4.77. The maximum Gasteiger partial charge on any atom is 0.154 e. The number of hydrogen-bond donors (Lipinski definition) is 0. The second-order valence-electron chi connectivity index (χ2n) is 4.48. The Hall–Kier alpha value is -1.91. The van der Waals surface area contributed by atoms with Gasteiger partial charge < -0.3 is 0 Å². The van der Waals surface area contributed by atoms with Gasteiger partial charge in [-0.15, -0.1) is 0 Å². The minimum Gasteiger partial charge on any atom is -0.298 e. The summed E-state index contributed by atoms with van der Waals surface area (Å²) in [4.78, 5) is 10.8. The molecule has 0 saturated heterocycles. The second kappa shape index (κ2) is 5.84. The lowest BCUT2D eigenvalue weighted by molar-refractivity contribution is 0.112. The summed E-state index contributed by atoms with van der Waals surface area (Å²) in [6.07, 6.45) is 2.30. The number of aromatic nitrogens is 2. The maximum atomic E-state index is 10.8.